The number of fused-ring (bicyclic) bond motifs is 2. The molecule has 0 aromatic heterocycles. The van der Waals surface area contributed by atoms with Gasteiger partial charge in [0, 0.05) is 29.7 Å². The van der Waals surface area contributed by atoms with Crippen molar-refractivity contribution in [1.29, 1.82) is 0 Å². The maximum Gasteiger partial charge on any atom is 0.416 e. The van der Waals surface area contributed by atoms with Gasteiger partial charge in [0.2, 0.25) is 11.6 Å². The molecule has 2 aromatic carbocycles. The number of halogens is 3. The zero-order chi connectivity index (χ0) is 21.8. The summed E-state index contributed by atoms with van der Waals surface area (Å²) in [6.07, 6.45) is -2.89. The molecule has 0 unspecified atom stereocenters. The molecule has 31 heavy (non-hydrogen) atoms. The Morgan fingerprint density at radius 2 is 1.68 bits per heavy atom. The summed E-state index contributed by atoms with van der Waals surface area (Å²) in [4.78, 5) is 25.6. The van der Waals surface area contributed by atoms with Crippen molar-refractivity contribution < 1.29 is 27.5 Å². The van der Waals surface area contributed by atoms with Crippen LogP contribution in [0.1, 0.15) is 34.3 Å². The molecule has 1 saturated heterocycles. The number of hydrogen-bond acceptors (Lipinski definition) is 5. The highest BCUT2D eigenvalue weighted by molar-refractivity contribution is 8.04. The largest absolute Gasteiger partial charge is 0.484 e. The molecule has 1 fully saturated rings. The van der Waals surface area contributed by atoms with E-state index >= 15 is 0 Å². The Morgan fingerprint density at radius 1 is 0.935 bits per heavy atom. The van der Waals surface area contributed by atoms with Crippen LogP contribution in [-0.4, -0.2) is 36.0 Å². The summed E-state index contributed by atoms with van der Waals surface area (Å²) in [6.45, 7) is 1.60. The first-order valence-electron chi connectivity index (χ1n) is 9.95. The van der Waals surface area contributed by atoms with Crippen LogP contribution < -0.4 is 5.32 Å². The summed E-state index contributed by atoms with van der Waals surface area (Å²) in [5.41, 5.74) is 0.443. The Bertz CT molecular complexity index is 1130. The Kier molecular flexibility index (Phi) is 4.75. The van der Waals surface area contributed by atoms with Gasteiger partial charge in [-0.15, -0.1) is 11.8 Å². The number of rotatable bonds is 1. The first-order chi connectivity index (χ1) is 14.8. The summed E-state index contributed by atoms with van der Waals surface area (Å²) in [6, 6.07) is 9.78. The number of ether oxygens (including phenoxy) is 1. The number of nitrogens with one attached hydrogen (secondary N) is 1. The summed E-state index contributed by atoms with van der Waals surface area (Å²) in [5, 5.41) is 3.29. The molecule has 0 saturated carbocycles. The van der Waals surface area contributed by atoms with E-state index in [-0.39, 0.29) is 5.56 Å². The maximum atomic E-state index is 13.2. The molecule has 8 heteroatoms. The van der Waals surface area contributed by atoms with Crippen LogP contribution in [0.5, 0.6) is 0 Å². The molecule has 0 bridgehead atoms. The smallest absolute Gasteiger partial charge is 0.416 e. The minimum Gasteiger partial charge on any atom is -0.484 e. The molecule has 160 valence electrons. The second-order valence-electron chi connectivity index (χ2n) is 7.98. The zero-order valence-electron chi connectivity index (χ0n) is 16.3. The molecule has 4 nitrogen and oxygen atoms in total. The topological polar surface area (TPSA) is 55.4 Å². The highest BCUT2D eigenvalue weighted by Gasteiger charge is 2.45. The third kappa shape index (κ3) is 3.47. The number of carbonyl (C=O) groups excluding carboxylic acids is 2. The Morgan fingerprint density at radius 3 is 2.42 bits per heavy atom. The van der Waals surface area contributed by atoms with Crippen LogP contribution in [0.15, 0.2) is 47.4 Å². The van der Waals surface area contributed by atoms with E-state index in [2.05, 4.69) is 5.32 Å². The fourth-order valence-corrected chi connectivity index (χ4v) is 5.51. The average molecular weight is 445 g/mol. The number of hydrogen-bond donors (Lipinski definition) is 1. The monoisotopic (exact) mass is 445 g/mol. The molecule has 2 aromatic rings. The molecular formula is C23H18F3NO3S. The van der Waals surface area contributed by atoms with E-state index < -0.39 is 28.9 Å². The van der Waals surface area contributed by atoms with Crippen LogP contribution in [0.2, 0.25) is 0 Å². The number of piperidine rings is 1. The van der Waals surface area contributed by atoms with Gasteiger partial charge in [0.05, 0.1) is 5.56 Å². The van der Waals surface area contributed by atoms with E-state index in [1.807, 2.05) is 0 Å². The Balaban J connectivity index is 1.61. The van der Waals surface area contributed by atoms with Crippen molar-refractivity contribution in [2.75, 3.05) is 18.8 Å². The number of carbonyl (C=O) groups is 2. The van der Waals surface area contributed by atoms with Crippen LogP contribution in [0.3, 0.4) is 0 Å². The number of ketones is 2. The van der Waals surface area contributed by atoms with Crippen molar-refractivity contribution >= 4 is 29.1 Å². The van der Waals surface area contributed by atoms with Gasteiger partial charge in [0.25, 0.3) is 0 Å². The first kappa shape index (κ1) is 20.3. The fraction of sp³-hybridized carbons (Fsp3) is 0.304. The molecule has 1 aliphatic carbocycles. The number of thioether (sulfide) groups is 1. The number of Topliss-reactive ketones (excluding diaryl/α,β-unsaturated/α-hetero) is 2. The average Bonchev–Trinajstić information content (AvgIpc) is 2.77. The lowest BCUT2D eigenvalue weighted by Gasteiger charge is -2.43. The molecule has 0 radical (unpaired) electrons. The van der Waals surface area contributed by atoms with E-state index in [1.54, 1.807) is 18.2 Å². The van der Waals surface area contributed by atoms with Crippen LogP contribution >= 0.6 is 11.8 Å². The van der Waals surface area contributed by atoms with E-state index in [4.69, 9.17) is 4.74 Å². The van der Waals surface area contributed by atoms with Gasteiger partial charge in [-0.05, 0) is 48.5 Å². The number of benzene rings is 2. The predicted octanol–water partition coefficient (Wildman–Crippen LogP) is 4.69. The van der Waals surface area contributed by atoms with Gasteiger partial charge in [-0.25, -0.2) is 0 Å². The number of allylic oxidation sites excluding steroid dienone is 1. The van der Waals surface area contributed by atoms with E-state index in [0.717, 1.165) is 38.1 Å². The lowest BCUT2D eigenvalue weighted by Crippen LogP contribution is -2.48. The quantitative estimate of drug-likeness (QED) is 0.646. The van der Waals surface area contributed by atoms with Crippen molar-refractivity contribution in [2.45, 2.75) is 24.6 Å². The third-order valence-electron chi connectivity index (χ3n) is 5.96. The Hall–Kier alpha value is -2.58. The maximum absolute atomic E-state index is 13.2. The van der Waals surface area contributed by atoms with Crippen molar-refractivity contribution in [1.82, 2.24) is 5.32 Å². The van der Waals surface area contributed by atoms with Gasteiger partial charge in [0.1, 0.15) is 16.3 Å². The minimum absolute atomic E-state index is 0.228. The van der Waals surface area contributed by atoms with Crippen molar-refractivity contribution in [3.63, 3.8) is 0 Å². The number of alkyl halides is 3. The molecular weight excluding hydrogens is 427 g/mol. The summed E-state index contributed by atoms with van der Waals surface area (Å²) < 4.78 is 45.9. The first-order valence-corrected chi connectivity index (χ1v) is 10.9. The molecule has 3 aliphatic rings. The molecule has 1 spiro atoms. The highest BCUT2D eigenvalue weighted by atomic mass is 32.2. The lowest BCUT2D eigenvalue weighted by molar-refractivity contribution is -0.137. The van der Waals surface area contributed by atoms with Gasteiger partial charge >= 0.3 is 6.18 Å². The van der Waals surface area contributed by atoms with Crippen molar-refractivity contribution in [3.8, 4) is 11.1 Å². The molecule has 2 aliphatic heterocycles. The lowest BCUT2D eigenvalue weighted by atomic mass is 9.88. The molecule has 2 heterocycles. The van der Waals surface area contributed by atoms with Crippen LogP contribution in [0, 0.1) is 0 Å². The predicted molar refractivity (Wildman–Crippen MR) is 112 cm³/mol. The molecule has 0 amide bonds. The summed E-state index contributed by atoms with van der Waals surface area (Å²) in [5.74, 6) is -0.216. The van der Waals surface area contributed by atoms with Crippen molar-refractivity contribution in [3.05, 3.63) is 64.1 Å². The second-order valence-corrected chi connectivity index (χ2v) is 8.96. The highest BCUT2D eigenvalue weighted by Crippen LogP contribution is 2.47. The van der Waals surface area contributed by atoms with E-state index in [0.29, 0.717) is 33.1 Å². The SMILES string of the molecule is O=C1C(=O)c2ccc(-c3cccc(C(F)(F)F)c3)cc2C2=C1SCC1(CCNCC1)O2. The zero-order valence-corrected chi connectivity index (χ0v) is 17.2. The third-order valence-corrected chi connectivity index (χ3v) is 7.29. The van der Waals surface area contributed by atoms with Gasteiger partial charge < -0.3 is 10.1 Å². The van der Waals surface area contributed by atoms with E-state index in [9.17, 15) is 22.8 Å². The normalized spacial score (nSPS) is 20.4. The van der Waals surface area contributed by atoms with Gasteiger partial charge in [0.15, 0.2) is 0 Å². The second kappa shape index (κ2) is 7.24. The summed E-state index contributed by atoms with van der Waals surface area (Å²) >= 11 is 1.34. The van der Waals surface area contributed by atoms with E-state index in [1.165, 1.54) is 23.9 Å². The standard InChI is InChI=1S/C23H18F3NO3S/c24-23(25,26)15-3-1-2-13(10-15)14-4-5-16-17(11-14)20-21(19(29)18(16)28)31-12-22(30-20)6-8-27-9-7-22/h1-5,10-11,27H,6-9,12H2. The van der Waals surface area contributed by atoms with Crippen molar-refractivity contribution in [2.24, 2.45) is 0 Å². The van der Waals surface area contributed by atoms with Gasteiger partial charge in [-0.1, -0.05) is 18.2 Å². The summed E-state index contributed by atoms with van der Waals surface area (Å²) in [7, 11) is 0. The van der Waals surface area contributed by atoms with Gasteiger partial charge in [-0.2, -0.15) is 13.2 Å². The minimum atomic E-state index is -4.45. The van der Waals surface area contributed by atoms with Crippen LogP contribution in [0.25, 0.3) is 16.9 Å². The molecule has 5 rings (SSSR count). The van der Waals surface area contributed by atoms with Crippen LogP contribution in [-0.2, 0) is 15.7 Å². The van der Waals surface area contributed by atoms with Crippen LogP contribution in [0.4, 0.5) is 13.2 Å². The fourth-order valence-electron chi connectivity index (χ4n) is 4.25. The molecule has 1 N–H and O–H groups in total. The Labute approximate surface area is 180 Å². The van der Waals surface area contributed by atoms with Gasteiger partial charge in [-0.3, -0.25) is 9.59 Å². The molecule has 0 atom stereocenters.